The van der Waals surface area contributed by atoms with Crippen molar-refractivity contribution in [3.05, 3.63) is 34.0 Å². The van der Waals surface area contributed by atoms with Crippen LogP contribution in [0.25, 0.3) is 0 Å². The molecule has 2 aromatic rings. The smallest absolute Gasteiger partial charge is 0.297 e. The van der Waals surface area contributed by atoms with Gasteiger partial charge in [0.15, 0.2) is 11.0 Å². The first-order chi connectivity index (χ1) is 8.13. The lowest BCUT2D eigenvalue weighted by atomic mass is 10.5. The highest BCUT2D eigenvalue weighted by molar-refractivity contribution is 6.30. The number of hydrogen-bond donors (Lipinski definition) is 0. The normalized spacial score (nSPS) is 10.5. The summed E-state index contributed by atoms with van der Waals surface area (Å²) in [7, 11) is 3.16. The lowest BCUT2D eigenvalue weighted by molar-refractivity contribution is 0.400. The summed E-state index contributed by atoms with van der Waals surface area (Å²) in [6.07, 6.45) is 2.91. The molecule has 2 rings (SSSR count). The van der Waals surface area contributed by atoms with Gasteiger partial charge in [-0.1, -0.05) is 11.6 Å². The van der Waals surface area contributed by atoms with Crippen molar-refractivity contribution < 1.29 is 4.74 Å². The Kier molecular flexibility index (Phi) is 3.10. The van der Waals surface area contributed by atoms with Gasteiger partial charge in [-0.05, 0) is 0 Å². The van der Waals surface area contributed by atoms with Gasteiger partial charge in [-0.15, -0.1) is 10.2 Å². The fourth-order valence-electron chi connectivity index (χ4n) is 1.34. The molecule has 0 aliphatic carbocycles. The van der Waals surface area contributed by atoms with Gasteiger partial charge in [-0.25, -0.2) is 4.98 Å². The minimum Gasteiger partial charge on any atom is -0.489 e. The number of methoxy groups -OCH3 is 1. The third-order valence-corrected chi connectivity index (χ3v) is 2.54. The van der Waals surface area contributed by atoms with Gasteiger partial charge in [0.05, 0.1) is 20.0 Å². The summed E-state index contributed by atoms with van der Waals surface area (Å²) in [6.45, 7) is 0.260. The lowest BCUT2D eigenvalue weighted by Crippen LogP contribution is -2.23. The molecule has 0 saturated heterocycles. The van der Waals surface area contributed by atoms with E-state index in [1.165, 1.54) is 18.0 Å². The predicted octanol–water partition coefficient (Wildman–Crippen LogP) is 0.0821. The first kappa shape index (κ1) is 11.6. The highest BCUT2D eigenvalue weighted by Crippen LogP contribution is 2.14. The molecule has 0 bridgehead atoms. The summed E-state index contributed by atoms with van der Waals surface area (Å²) in [4.78, 5) is 15.8. The molecule has 90 valence electrons. The molecule has 0 unspecified atom stereocenters. The number of nitrogens with zero attached hydrogens (tertiary/aromatic N) is 5. The summed E-state index contributed by atoms with van der Waals surface area (Å²) >= 11 is 5.73. The third kappa shape index (κ3) is 2.14. The minimum absolute atomic E-state index is 0.0244. The lowest BCUT2D eigenvalue weighted by Gasteiger charge is -2.07. The maximum Gasteiger partial charge on any atom is 0.297 e. The Hall–Kier alpha value is -1.89. The molecule has 8 heteroatoms. The topological polar surface area (TPSA) is 74.8 Å². The first-order valence-corrected chi connectivity index (χ1v) is 5.13. The average molecular weight is 256 g/mol. The molecule has 7 nitrogen and oxygen atoms in total. The third-order valence-electron chi connectivity index (χ3n) is 2.27. The van der Waals surface area contributed by atoms with E-state index >= 15 is 0 Å². The van der Waals surface area contributed by atoms with Crippen LogP contribution in [0.4, 0.5) is 0 Å². The largest absolute Gasteiger partial charge is 0.489 e. The van der Waals surface area contributed by atoms with Gasteiger partial charge in [-0.3, -0.25) is 9.36 Å². The van der Waals surface area contributed by atoms with Crippen LogP contribution in [0.5, 0.6) is 5.75 Å². The number of rotatable bonds is 3. The fraction of sp³-hybridized carbons (Fsp3) is 0.333. The second-order valence-electron chi connectivity index (χ2n) is 3.36. The highest BCUT2D eigenvalue weighted by atomic mass is 35.5. The fourth-order valence-corrected chi connectivity index (χ4v) is 1.54. The zero-order valence-corrected chi connectivity index (χ0v) is 10.0. The quantitative estimate of drug-likeness (QED) is 0.726. The van der Waals surface area contributed by atoms with E-state index in [1.807, 2.05) is 0 Å². The Morgan fingerprint density at radius 2 is 2.24 bits per heavy atom. The van der Waals surface area contributed by atoms with Crippen LogP contribution >= 0.6 is 11.6 Å². The van der Waals surface area contributed by atoms with Crippen molar-refractivity contribution in [3.63, 3.8) is 0 Å². The molecule has 0 aromatic carbocycles. The molecule has 17 heavy (non-hydrogen) atoms. The van der Waals surface area contributed by atoms with Gasteiger partial charge >= 0.3 is 0 Å². The van der Waals surface area contributed by atoms with Gasteiger partial charge in [-0.2, -0.15) is 0 Å². The zero-order chi connectivity index (χ0) is 12.4. The first-order valence-electron chi connectivity index (χ1n) is 4.75. The van der Waals surface area contributed by atoms with Gasteiger partial charge < -0.3 is 9.30 Å². The van der Waals surface area contributed by atoms with E-state index in [0.29, 0.717) is 5.82 Å². The molecule has 0 spiro atoms. The SMILES string of the molecule is COc1c(Cl)ncn(Cc2nncn2C)c1=O. The van der Waals surface area contributed by atoms with Crippen LogP contribution in [0.3, 0.4) is 0 Å². The van der Waals surface area contributed by atoms with Crippen LogP contribution < -0.4 is 10.3 Å². The van der Waals surface area contributed by atoms with Crippen molar-refractivity contribution in [1.29, 1.82) is 0 Å². The molecule has 0 aliphatic rings. The summed E-state index contributed by atoms with van der Waals surface area (Å²) in [6, 6.07) is 0. The van der Waals surface area contributed by atoms with Crippen LogP contribution in [0.1, 0.15) is 5.82 Å². The Bertz CT molecular complexity index is 591. The number of ether oxygens (including phenoxy) is 1. The van der Waals surface area contributed by atoms with Crippen LogP contribution in [0.15, 0.2) is 17.4 Å². The van der Waals surface area contributed by atoms with Crippen molar-refractivity contribution in [2.75, 3.05) is 7.11 Å². The number of aromatic nitrogens is 5. The highest BCUT2D eigenvalue weighted by Gasteiger charge is 2.11. The molecule has 0 radical (unpaired) electrons. The van der Waals surface area contributed by atoms with Crippen molar-refractivity contribution in [3.8, 4) is 5.75 Å². The van der Waals surface area contributed by atoms with E-state index < -0.39 is 0 Å². The summed E-state index contributed by atoms with van der Waals surface area (Å²) < 4.78 is 7.97. The molecular weight excluding hydrogens is 246 g/mol. The Morgan fingerprint density at radius 1 is 1.47 bits per heavy atom. The molecular formula is C9H10ClN5O2. The molecule has 0 atom stereocenters. The van der Waals surface area contributed by atoms with Crippen molar-refractivity contribution >= 4 is 11.6 Å². The molecule has 2 heterocycles. The Morgan fingerprint density at radius 3 is 2.82 bits per heavy atom. The zero-order valence-electron chi connectivity index (χ0n) is 9.29. The van der Waals surface area contributed by atoms with E-state index in [1.54, 1.807) is 17.9 Å². The minimum atomic E-state index is -0.351. The number of halogens is 1. The molecule has 0 amide bonds. The summed E-state index contributed by atoms with van der Waals surface area (Å²) in [5.74, 6) is 0.662. The summed E-state index contributed by atoms with van der Waals surface area (Å²) in [5, 5.41) is 7.66. The van der Waals surface area contributed by atoms with Gasteiger partial charge in [0.1, 0.15) is 6.33 Å². The molecule has 0 aliphatic heterocycles. The van der Waals surface area contributed by atoms with Crippen LogP contribution in [0.2, 0.25) is 5.15 Å². The molecule has 0 fully saturated rings. The van der Waals surface area contributed by atoms with E-state index in [0.717, 1.165) is 0 Å². The monoisotopic (exact) mass is 255 g/mol. The van der Waals surface area contributed by atoms with Gasteiger partial charge in [0.2, 0.25) is 5.75 Å². The summed E-state index contributed by atoms with van der Waals surface area (Å²) in [5.41, 5.74) is -0.351. The van der Waals surface area contributed by atoms with E-state index in [-0.39, 0.29) is 23.0 Å². The van der Waals surface area contributed by atoms with E-state index in [9.17, 15) is 4.79 Å². The Labute approximate surface area is 102 Å². The Balaban J connectivity index is 2.41. The second kappa shape index (κ2) is 4.54. The molecule has 2 aromatic heterocycles. The van der Waals surface area contributed by atoms with Gasteiger partial charge in [0.25, 0.3) is 5.56 Å². The van der Waals surface area contributed by atoms with Crippen molar-refractivity contribution in [1.82, 2.24) is 24.3 Å². The van der Waals surface area contributed by atoms with Crippen molar-refractivity contribution in [2.24, 2.45) is 7.05 Å². The second-order valence-corrected chi connectivity index (χ2v) is 3.72. The molecule has 0 N–H and O–H groups in total. The standard InChI is InChI=1S/C9H10ClN5O2/c1-14-5-12-13-6(14)3-15-4-11-8(10)7(17-2)9(15)16/h4-5H,3H2,1-2H3. The van der Waals surface area contributed by atoms with Crippen LogP contribution in [0, 0.1) is 0 Å². The maximum atomic E-state index is 11.9. The van der Waals surface area contributed by atoms with E-state index in [2.05, 4.69) is 15.2 Å². The van der Waals surface area contributed by atoms with Crippen molar-refractivity contribution in [2.45, 2.75) is 6.54 Å². The number of aryl methyl sites for hydroxylation is 1. The number of hydrogen-bond acceptors (Lipinski definition) is 5. The molecule has 0 saturated carbocycles. The van der Waals surface area contributed by atoms with Gasteiger partial charge in [0, 0.05) is 7.05 Å². The maximum absolute atomic E-state index is 11.9. The predicted molar refractivity (Wildman–Crippen MR) is 60.2 cm³/mol. The average Bonchev–Trinajstić information content (AvgIpc) is 2.69. The van der Waals surface area contributed by atoms with E-state index in [4.69, 9.17) is 16.3 Å². The van der Waals surface area contributed by atoms with Crippen LogP contribution in [-0.2, 0) is 13.6 Å². The van der Waals surface area contributed by atoms with Crippen LogP contribution in [-0.4, -0.2) is 31.4 Å².